The molecular weight excluding hydrogens is 194 g/mol. The van der Waals surface area contributed by atoms with E-state index in [1.165, 1.54) is 0 Å². The molecule has 0 aromatic heterocycles. The molecule has 0 bridgehead atoms. The lowest BCUT2D eigenvalue weighted by Gasteiger charge is -2.16. The van der Waals surface area contributed by atoms with Crippen molar-refractivity contribution in [2.24, 2.45) is 0 Å². The van der Waals surface area contributed by atoms with Gasteiger partial charge in [-0.05, 0) is 13.3 Å². The Kier molecular flexibility index (Phi) is 4.49. The summed E-state index contributed by atoms with van der Waals surface area (Å²) in [4.78, 5) is 27.6. The lowest BCUT2D eigenvalue weighted by Crippen LogP contribution is -2.32. The lowest BCUT2D eigenvalue weighted by molar-refractivity contribution is -0.194. The molecule has 0 radical (unpaired) electrons. The molecule has 1 atom stereocenters. The molecule has 0 aromatic carbocycles. The van der Waals surface area contributed by atoms with Crippen molar-refractivity contribution >= 4 is 11.8 Å². The van der Waals surface area contributed by atoms with E-state index in [1.54, 1.807) is 0 Å². The second-order valence-corrected chi connectivity index (χ2v) is 3.61. The second-order valence-electron chi connectivity index (χ2n) is 3.61. The van der Waals surface area contributed by atoms with Gasteiger partial charge in [-0.1, -0.05) is 25.5 Å². The number of amides is 2. The molecule has 4 nitrogen and oxygen atoms in total. The summed E-state index contributed by atoms with van der Waals surface area (Å²) in [5.74, 6) is -0.480. The molecule has 2 amide bonds. The molecule has 15 heavy (non-hydrogen) atoms. The van der Waals surface area contributed by atoms with Crippen LogP contribution in [0.2, 0.25) is 0 Å². The van der Waals surface area contributed by atoms with Gasteiger partial charge >= 0.3 is 0 Å². The van der Waals surface area contributed by atoms with Gasteiger partial charge < -0.3 is 0 Å². The number of hydrogen-bond acceptors (Lipinski definition) is 3. The van der Waals surface area contributed by atoms with Gasteiger partial charge in [-0.25, -0.2) is 0 Å². The fraction of sp³-hybridized carbons (Fsp3) is 0.636. The van der Waals surface area contributed by atoms with E-state index in [0.717, 1.165) is 17.9 Å². The molecule has 1 saturated heterocycles. The van der Waals surface area contributed by atoms with Crippen LogP contribution in [-0.4, -0.2) is 23.0 Å². The van der Waals surface area contributed by atoms with Crippen LogP contribution in [-0.2, 0) is 14.4 Å². The Balaban J connectivity index is 2.40. The maximum absolute atomic E-state index is 11.2. The molecule has 4 heteroatoms. The summed E-state index contributed by atoms with van der Waals surface area (Å²) in [7, 11) is 0. The third kappa shape index (κ3) is 3.47. The van der Waals surface area contributed by atoms with Crippen LogP contribution in [0, 0.1) is 0 Å². The van der Waals surface area contributed by atoms with E-state index in [-0.39, 0.29) is 30.8 Å². The number of nitrogens with zero attached hydrogens (tertiary/aromatic N) is 1. The van der Waals surface area contributed by atoms with E-state index in [9.17, 15) is 9.59 Å². The minimum Gasteiger partial charge on any atom is -0.272 e. The van der Waals surface area contributed by atoms with Crippen LogP contribution in [0.1, 0.15) is 39.5 Å². The fourth-order valence-electron chi connectivity index (χ4n) is 1.33. The zero-order valence-corrected chi connectivity index (χ0v) is 9.23. The quantitative estimate of drug-likeness (QED) is 0.514. The van der Waals surface area contributed by atoms with Gasteiger partial charge in [0.1, 0.15) is 6.10 Å². The summed E-state index contributed by atoms with van der Waals surface area (Å²) in [6.45, 7) is 3.90. The molecule has 1 rings (SSSR count). The highest BCUT2D eigenvalue weighted by molar-refractivity contribution is 6.00. The average molecular weight is 211 g/mol. The van der Waals surface area contributed by atoms with Crippen molar-refractivity contribution in [3.63, 3.8) is 0 Å². The van der Waals surface area contributed by atoms with Crippen LogP contribution in [0.4, 0.5) is 0 Å². The number of carbonyl (C=O) groups excluding carboxylic acids is 2. The van der Waals surface area contributed by atoms with E-state index in [1.807, 2.05) is 19.1 Å². The topological polar surface area (TPSA) is 46.6 Å². The third-order valence-corrected chi connectivity index (χ3v) is 2.14. The summed E-state index contributed by atoms with van der Waals surface area (Å²) >= 11 is 0. The highest BCUT2D eigenvalue weighted by atomic mass is 16.7. The smallest absolute Gasteiger partial charge is 0.254 e. The molecule has 1 aliphatic rings. The van der Waals surface area contributed by atoms with Gasteiger partial charge in [-0.3, -0.25) is 14.4 Å². The molecule has 0 N–H and O–H groups in total. The summed E-state index contributed by atoms with van der Waals surface area (Å²) in [6.07, 6.45) is 6.22. The third-order valence-electron chi connectivity index (χ3n) is 2.14. The lowest BCUT2D eigenvalue weighted by atomic mass is 10.3. The van der Waals surface area contributed by atoms with Gasteiger partial charge in [-0.15, -0.1) is 0 Å². The van der Waals surface area contributed by atoms with Gasteiger partial charge in [0, 0.05) is 12.8 Å². The number of carbonyl (C=O) groups is 2. The van der Waals surface area contributed by atoms with Crippen molar-refractivity contribution in [3.8, 4) is 0 Å². The monoisotopic (exact) mass is 211 g/mol. The normalized spacial score (nSPS) is 19.2. The van der Waals surface area contributed by atoms with Crippen molar-refractivity contribution in [2.75, 3.05) is 0 Å². The van der Waals surface area contributed by atoms with E-state index in [0.29, 0.717) is 0 Å². The predicted molar refractivity (Wildman–Crippen MR) is 55.7 cm³/mol. The number of allylic oxidation sites excluding steroid dienone is 1. The average Bonchev–Trinajstić information content (AvgIpc) is 2.50. The zero-order chi connectivity index (χ0) is 11.3. The Morgan fingerprint density at radius 2 is 2.00 bits per heavy atom. The molecular formula is C11H17NO3. The van der Waals surface area contributed by atoms with Gasteiger partial charge in [-0.2, -0.15) is 5.06 Å². The maximum atomic E-state index is 11.2. The first-order valence-electron chi connectivity index (χ1n) is 5.34. The summed E-state index contributed by atoms with van der Waals surface area (Å²) < 4.78 is 0. The summed E-state index contributed by atoms with van der Waals surface area (Å²) in [6, 6.07) is 0. The fourth-order valence-corrected chi connectivity index (χ4v) is 1.33. The first kappa shape index (κ1) is 11.9. The number of unbranched alkanes of at least 4 members (excludes halogenated alkanes) is 1. The van der Waals surface area contributed by atoms with Crippen molar-refractivity contribution < 1.29 is 14.4 Å². The molecule has 0 spiro atoms. The minimum atomic E-state index is -0.240. The SMILES string of the molecule is CCC/C=C/C(C)ON1C(=O)CCC1=O. The number of rotatable bonds is 5. The van der Waals surface area contributed by atoms with Crippen LogP contribution in [0.25, 0.3) is 0 Å². The van der Waals surface area contributed by atoms with Gasteiger partial charge in [0.2, 0.25) is 0 Å². The van der Waals surface area contributed by atoms with Gasteiger partial charge in [0.05, 0.1) is 0 Å². The van der Waals surface area contributed by atoms with Crippen LogP contribution < -0.4 is 0 Å². The highest BCUT2D eigenvalue weighted by Crippen LogP contribution is 2.14. The molecule has 1 heterocycles. The highest BCUT2D eigenvalue weighted by Gasteiger charge is 2.30. The molecule has 0 aliphatic carbocycles. The van der Waals surface area contributed by atoms with Crippen molar-refractivity contribution in [2.45, 2.75) is 45.6 Å². The number of hydroxylamine groups is 2. The summed E-state index contributed by atoms with van der Waals surface area (Å²) in [5.41, 5.74) is 0. The molecule has 1 fully saturated rings. The van der Waals surface area contributed by atoms with Crippen LogP contribution in [0.3, 0.4) is 0 Å². The Morgan fingerprint density at radius 1 is 1.40 bits per heavy atom. The maximum Gasteiger partial charge on any atom is 0.254 e. The van der Waals surface area contributed by atoms with Crippen LogP contribution in [0.15, 0.2) is 12.2 Å². The van der Waals surface area contributed by atoms with Crippen molar-refractivity contribution in [3.05, 3.63) is 12.2 Å². The Hall–Kier alpha value is -1.16. The van der Waals surface area contributed by atoms with Crippen LogP contribution >= 0.6 is 0 Å². The van der Waals surface area contributed by atoms with Gasteiger partial charge in [0.15, 0.2) is 0 Å². The Labute approximate surface area is 89.8 Å². The van der Waals surface area contributed by atoms with Crippen LogP contribution in [0.5, 0.6) is 0 Å². The standard InChI is InChI=1S/C11H17NO3/c1-3-4-5-6-9(2)15-12-10(13)7-8-11(12)14/h5-6,9H,3-4,7-8H2,1-2H3/b6-5+. The van der Waals surface area contributed by atoms with E-state index >= 15 is 0 Å². The minimum absolute atomic E-state index is 0.234. The summed E-state index contributed by atoms with van der Waals surface area (Å²) in [5, 5.41) is 0.890. The molecule has 0 saturated carbocycles. The second kappa shape index (κ2) is 5.66. The molecule has 84 valence electrons. The number of hydrogen-bond donors (Lipinski definition) is 0. The number of imide groups is 1. The predicted octanol–water partition coefficient (Wildman–Crippen LogP) is 1.81. The van der Waals surface area contributed by atoms with Crippen molar-refractivity contribution in [1.29, 1.82) is 0 Å². The Bertz CT molecular complexity index is 257. The largest absolute Gasteiger partial charge is 0.272 e. The van der Waals surface area contributed by atoms with E-state index < -0.39 is 0 Å². The van der Waals surface area contributed by atoms with E-state index in [4.69, 9.17) is 4.84 Å². The Morgan fingerprint density at radius 3 is 2.53 bits per heavy atom. The van der Waals surface area contributed by atoms with Crippen molar-refractivity contribution in [1.82, 2.24) is 5.06 Å². The molecule has 1 unspecified atom stereocenters. The van der Waals surface area contributed by atoms with Gasteiger partial charge in [0.25, 0.3) is 11.8 Å². The first-order chi connectivity index (χ1) is 7.15. The van der Waals surface area contributed by atoms with E-state index in [2.05, 4.69) is 6.92 Å². The zero-order valence-electron chi connectivity index (χ0n) is 9.23. The molecule has 1 aliphatic heterocycles. The first-order valence-corrected chi connectivity index (χ1v) is 5.34. The molecule has 0 aromatic rings.